The molecular weight excluding hydrogens is 396 g/mol. The molecular formula is C19H22N4O5S. The van der Waals surface area contributed by atoms with E-state index < -0.39 is 20.9 Å². The predicted octanol–water partition coefficient (Wildman–Crippen LogP) is 1.48. The summed E-state index contributed by atoms with van der Waals surface area (Å²) in [7, 11) is -3.50. The Morgan fingerprint density at radius 3 is 2.38 bits per heavy atom. The van der Waals surface area contributed by atoms with Crippen LogP contribution in [0.1, 0.15) is 10.4 Å². The van der Waals surface area contributed by atoms with Crippen molar-refractivity contribution in [1.29, 1.82) is 0 Å². The van der Waals surface area contributed by atoms with Crippen LogP contribution in [0.4, 0.5) is 11.4 Å². The van der Waals surface area contributed by atoms with E-state index in [-0.39, 0.29) is 23.5 Å². The number of piperazine rings is 1. The van der Waals surface area contributed by atoms with Gasteiger partial charge in [0.15, 0.2) is 0 Å². The summed E-state index contributed by atoms with van der Waals surface area (Å²) in [6, 6.07) is 15.1. The van der Waals surface area contributed by atoms with E-state index in [0.29, 0.717) is 26.2 Å². The molecule has 154 valence electrons. The van der Waals surface area contributed by atoms with Gasteiger partial charge in [0.1, 0.15) is 0 Å². The minimum atomic E-state index is -3.50. The molecule has 0 saturated carbocycles. The van der Waals surface area contributed by atoms with Gasteiger partial charge in [-0.2, -0.15) is 4.31 Å². The number of nitro groups is 1. The van der Waals surface area contributed by atoms with Crippen molar-refractivity contribution in [3.05, 3.63) is 70.3 Å². The summed E-state index contributed by atoms with van der Waals surface area (Å²) < 4.78 is 26.6. The van der Waals surface area contributed by atoms with E-state index in [0.717, 1.165) is 11.8 Å². The molecule has 3 rings (SSSR count). The van der Waals surface area contributed by atoms with Gasteiger partial charge >= 0.3 is 0 Å². The van der Waals surface area contributed by atoms with E-state index in [1.807, 2.05) is 30.3 Å². The van der Waals surface area contributed by atoms with Crippen LogP contribution in [0, 0.1) is 10.1 Å². The monoisotopic (exact) mass is 418 g/mol. The first-order chi connectivity index (χ1) is 13.9. The number of nitrogens with one attached hydrogen (secondary N) is 1. The number of carbonyl (C=O) groups is 1. The molecule has 0 bridgehead atoms. The van der Waals surface area contributed by atoms with E-state index in [2.05, 4.69) is 10.2 Å². The first-order valence-electron chi connectivity index (χ1n) is 9.17. The lowest BCUT2D eigenvalue weighted by Crippen LogP contribution is -2.50. The van der Waals surface area contributed by atoms with E-state index in [4.69, 9.17) is 0 Å². The van der Waals surface area contributed by atoms with E-state index >= 15 is 0 Å². The zero-order chi connectivity index (χ0) is 20.9. The van der Waals surface area contributed by atoms with Crippen LogP contribution in [0.5, 0.6) is 0 Å². The van der Waals surface area contributed by atoms with Crippen LogP contribution in [0.25, 0.3) is 0 Å². The number of sulfonamides is 1. The number of carbonyl (C=O) groups excluding carboxylic acids is 1. The summed E-state index contributed by atoms with van der Waals surface area (Å²) in [5, 5.41) is 13.3. The lowest BCUT2D eigenvalue weighted by atomic mass is 10.2. The highest BCUT2D eigenvalue weighted by molar-refractivity contribution is 7.89. The smallest absolute Gasteiger partial charge is 0.270 e. The molecule has 1 N–H and O–H groups in total. The van der Waals surface area contributed by atoms with Gasteiger partial charge in [-0.1, -0.05) is 24.3 Å². The van der Waals surface area contributed by atoms with Gasteiger partial charge in [-0.25, -0.2) is 8.42 Å². The lowest BCUT2D eigenvalue weighted by Gasteiger charge is -2.35. The summed E-state index contributed by atoms with van der Waals surface area (Å²) in [5.41, 5.74) is 0.989. The Morgan fingerprint density at radius 1 is 1.03 bits per heavy atom. The number of hydrogen-bond acceptors (Lipinski definition) is 6. The molecule has 9 nitrogen and oxygen atoms in total. The Morgan fingerprint density at radius 2 is 1.72 bits per heavy atom. The van der Waals surface area contributed by atoms with E-state index in [1.165, 1.54) is 22.5 Å². The van der Waals surface area contributed by atoms with Crippen LogP contribution in [0.3, 0.4) is 0 Å². The summed E-state index contributed by atoms with van der Waals surface area (Å²) in [6.07, 6.45) is 0. The molecule has 1 saturated heterocycles. The summed E-state index contributed by atoms with van der Waals surface area (Å²) >= 11 is 0. The Bertz CT molecular complexity index is 973. The topological polar surface area (TPSA) is 113 Å². The second-order valence-electron chi connectivity index (χ2n) is 6.60. The SMILES string of the molecule is O=C(NCCS(=O)(=O)N1CCN(c2ccccc2)CC1)c1cccc([N+](=O)[O-])c1. The normalized spacial score (nSPS) is 15.1. The number of para-hydroxylation sites is 1. The second-order valence-corrected chi connectivity index (χ2v) is 8.69. The number of nitrogens with zero attached hydrogens (tertiary/aromatic N) is 3. The van der Waals surface area contributed by atoms with Gasteiger partial charge in [0, 0.05) is 56.1 Å². The number of non-ortho nitro benzene ring substituents is 1. The fraction of sp³-hybridized carbons (Fsp3) is 0.316. The van der Waals surface area contributed by atoms with Crippen molar-refractivity contribution in [1.82, 2.24) is 9.62 Å². The summed E-state index contributed by atoms with van der Waals surface area (Å²) in [6.45, 7) is 1.90. The minimum absolute atomic E-state index is 0.0667. The van der Waals surface area contributed by atoms with Crippen molar-refractivity contribution in [2.24, 2.45) is 0 Å². The third-order valence-electron chi connectivity index (χ3n) is 4.72. The highest BCUT2D eigenvalue weighted by Crippen LogP contribution is 2.17. The van der Waals surface area contributed by atoms with Crippen molar-refractivity contribution in [2.45, 2.75) is 0 Å². The first-order valence-corrected chi connectivity index (χ1v) is 10.8. The van der Waals surface area contributed by atoms with Gasteiger partial charge in [-0.3, -0.25) is 14.9 Å². The highest BCUT2D eigenvalue weighted by Gasteiger charge is 2.27. The maximum Gasteiger partial charge on any atom is 0.270 e. The molecule has 0 aliphatic carbocycles. The number of hydrogen-bond donors (Lipinski definition) is 1. The molecule has 0 atom stereocenters. The largest absolute Gasteiger partial charge is 0.369 e. The molecule has 0 unspecified atom stereocenters. The van der Waals surface area contributed by atoms with Crippen LogP contribution >= 0.6 is 0 Å². The molecule has 10 heteroatoms. The van der Waals surface area contributed by atoms with Crippen molar-refractivity contribution in [2.75, 3.05) is 43.4 Å². The van der Waals surface area contributed by atoms with Crippen LogP contribution in [0.2, 0.25) is 0 Å². The van der Waals surface area contributed by atoms with Gasteiger partial charge in [0.05, 0.1) is 10.7 Å². The number of benzene rings is 2. The third kappa shape index (κ3) is 5.30. The van der Waals surface area contributed by atoms with Gasteiger partial charge in [-0.15, -0.1) is 0 Å². The molecule has 1 aliphatic rings. The maximum absolute atomic E-state index is 12.6. The molecule has 1 heterocycles. The fourth-order valence-corrected chi connectivity index (χ4v) is 4.49. The van der Waals surface area contributed by atoms with Crippen molar-refractivity contribution in [3.63, 3.8) is 0 Å². The standard InChI is InChI=1S/C19H22N4O5S/c24-19(16-5-4-8-18(15-16)23(25)26)20-9-14-29(27,28)22-12-10-21(11-13-22)17-6-2-1-3-7-17/h1-8,15H,9-14H2,(H,20,24). The molecule has 2 aromatic rings. The Labute approximate surface area is 169 Å². The summed E-state index contributed by atoms with van der Waals surface area (Å²) in [4.78, 5) is 24.5. The molecule has 1 amide bonds. The quantitative estimate of drug-likeness (QED) is 0.538. The Hall–Kier alpha value is -2.98. The molecule has 1 fully saturated rings. The average Bonchev–Trinajstić information content (AvgIpc) is 2.74. The van der Waals surface area contributed by atoms with Crippen LogP contribution in [-0.2, 0) is 10.0 Å². The lowest BCUT2D eigenvalue weighted by molar-refractivity contribution is -0.384. The minimum Gasteiger partial charge on any atom is -0.369 e. The zero-order valence-corrected chi connectivity index (χ0v) is 16.5. The molecule has 0 aromatic heterocycles. The van der Waals surface area contributed by atoms with Gasteiger partial charge in [-0.05, 0) is 18.2 Å². The summed E-state index contributed by atoms with van der Waals surface area (Å²) in [5.74, 6) is -0.767. The first kappa shape index (κ1) is 20.7. The van der Waals surface area contributed by atoms with Crippen molar-refractivity contribution in [3.8, 4) is 0 Å². The van der Waals surface area contributed by atoms with E-state index in [1.54, 1.807) is 0 Å². The third-order valence-corrected chi connectivity index (χ3v) is 6.59. The number of rotatable bonds is 7. The maximum atomic E-state index is 12.6. The Kier molecular flexibility index (Phi) is 6.45. The number of nitro benzene ring substituents is 1. The Balaban J connectivity index is 1.50. The zero-order valence-electron chi connectivity index (χ0n) is 15.7. The van der Waals surface area contributed by atoms with Gasteiger partial charge < -0.3 is 10.2 Å². The van der Waals surface area contributed by atoms with Crippen LogP contribution in [0.15, 0.2) is 54.6 Å². The molecule has 0 radical (unpaired) electrons. The predicted molar refractivity (Wildman–Crippen MR) is 109 cm³/mol. The molecule has 29 heavy (non-hydrogen) atoms. The van der Waals surface area contributed by atoms with Crippen molar-refractivity contribution >= 4 is 27.3 Å². The highest BCUT2D eigenvalue weighted by atomic mass is 32.2. The van der Waals surface area contributed by atoms with Gasteiger partial charge in [0.25, 0.3) is 11.6 Å². The molecule has 2 aromatic carbocycles. The van der Waals surface area contributed by atoms with Crippen molar-refractivity contribution < 1.29 is 18.1 Å². The molecule has 0 spiro atoms. The number of anilines is 1. The van der Waals surface area contributed by atoms with Crippen LogP contribution in [-0.4, -0.2) is 62.0 Å². The average molecular weight is 418 g/mol. The van der Waals surface area contributed by atoms with Crippen LogP contribution < -0.4 is 10.2 Å². The molecule has 1 aliphatic heterocycles. The fourth-order valence-electron chi connectivity index (χ4n) is 3.15. The van der Waals surface area contributed by atoms with Gasteiger partial charge in [0.2, 0.25) is 10.0 Å². The second kappa shape index (κ2) is 9.01. The number of amides is 1. The van der Waals surface area contributed by atoms with E-state index in [9.17, 15) is 23.3 Å².